The third kappa shape index (κ3) is 2.32. The number of carboxylic acid groups (broad SMARTS) is 1. The van der Waals surface area contributed by atoms with Gasteiger partial charge in [-0.25, -0.2) is 9.78 Å². The summed E-state index contributed by atoms with van der Waals surface area (Å²) in [5.41, 5.74) is 2.03. The summed E-state index contributed by atoms with van der Waals surface area (Å²) in [5.74, 6) is -0.928. The Kier molecular flexibility index (Phi) is 2.97. The van der Waals surface area contributed by atoms with Gasteiger partial charge in [0.25, 0.3) is 0 Å². The van der Waals surface area contributed by atoms with E-state index in [-0.39, 0.29) is 5.56 Å². The summed E-state index contributed by atoms with van der Waals surface area (Å²) in [6.07, 6.45) is 0. The second-order valence-corrected chi connectivity index (χ2v) is 5.48. The van der Waals surface area contributed by atoms with Crippen LogP contribution in [0.3, 0.4) is 0 Å². The van der Waals surface area contributed by atoms with Crippen LogP contribution in [0.5, 0.6) is 0 Å². The molecule has 0 unspecified atom stereocenters. The number of halogens is 1. The lowest BCUT2D eigenvalue weighted by molar-refractivity contribution is 0.0697. The molecule has 0 amide bonds. The maximum atomic E-state index is 10.8. The lowest BCUT2D eigenvalue weighted by Gasteiger charge is -1.97. The van der Waals surface area contributed by atoms with Gasteiger partial charge in [-0.05, 0) is 30.3 Å². The Morgan fingerprint density at radius 3 is 2.58 bits per heavy atom. The molecule has 0 bridgehead atoms. The molecule has 0 aliphatic heterocycles. The number of fused-ring (bicyclic) bond motifs is 1. The van der Waals surface area contributed by atoms with E-state index in [9.17, 15) is 4.79 Å². The Hall–Kier alpha value is -1.91. The Balaban J connectivity index is 2.06. The summed E-state index contributed by atoms with van der Waals surface area (Å²) in [6, 6.07) is 12.3. The summed E-state index contributed by atoms with van der Waals surface area (Å²) in [5, 5.41) is 10.4. The minimum absolute atomic E-state index is 0.271. The van der Waals surface area contributed by atoms with E-state index >= 15 is 0 Å². The first-order valence-electron chi connectivity index (χ1n) is 5.53. The quantitative estimate of drug-likeness (QED) is 0.764. The van der Waals surface area contributed by atoms with Crippen LogP contribution >= 0.6 is 22.9 Å². The minimum atomic E-state index is -0.928. The molecule has 0 radical (unpaired) electrons. The number of carbonyl (C=O) groups is 1. The van der Waals surface area contributed by atoms with Crippen molar-refractivity contribution in [3.05, 3.63) is 53.1 Å². The fraction of sp³-hybridized carbons (Fsp3) is 0. The highest BCUT2D eigenvalue weighted by molar-refractivity contribution is 7.21. The SMILES string of the molecule is O=C(O)c1ccc(-c2nc3cc(Cl)ccc3s2)cc1. The predicted molar refractivity (Wildman–Crippen MR) is 77.0 cm³/mol. The molecule has 3 nitrogen and oxygen atoms in total. The van der Waals surface area contributed by atoms with Gasteiger partial charge in [-0.2, -0.15) is 0 Å². The number of aromatic carboxylic acids is 1. The molecule has 0 spiro atoms. The van der Waals surface area contributed by atoms with Crippen LogP contribution in [0.15, 0.2) is 42.5 Å². The van der Waals surface area contributed by atoms with Gasteiger partial charge in [0, 0.05) is 10.6 Å². The normalized spacial score (nSPS) is 10.8. The van der Waals surface area contributed by atoms with Crippen molar-refractivity contribution in [3.63, 3.8) is 0 Å². The third-order valence-corrected chi connectivity index (χ3v) is 4.05. The number of thiazole rings is 1. The molecule has 0 atom stereocenters. The zero-order chi connectivity index (χ0) is 13.4. The highest BCUT2D eigenvalue weighted by atomic mass is 35.5. The van der Waals surface area contributed by atoms with Crippen molar-refractivity contribution in [2.75, 3.05) is 0 Å². The average molecular weight is 290 g/mol. The number of hydrogen-bond donors (Lipinski definition) is 1. The number of nitrogens with zero attached hydrogens (tertiary/aromatic N) is 1. The van der Waals surface area contributed by atoms with Crippen LogP contribution in [0.4, 0.5) is 0 Å². The molecule has 0 aliphatic rings. The van der Waals surface area contributed by atoms with Crippen molar-refractivity contribution < 1.29 is 9.90 Å². The minimum Gasteiger partial charge on any atom is -0.478 e. The Bertz CT molecular complexity index is 765. The van der Waals surface area contributed by atoms with E-state index in [1.165, 1.54) is 0 Å². The molecule has 0 saturated heterocycles. The van der Waals surface area contributed by atoms with E-state index < -0.39 is 5.97 Å². The van der Waals surface area contributed by atoms with Gasteiger partial charge in [-0.3, -0.25) is 0 Å². The van der Waals surface area contributed by atoms with E-state index in [0.717, 1.165) is 20.8 Å². The first-order chi connectivity index (χ1) is 9.13. The second-order valence-electron chi connectivity index (χ2n) is 4.01. The number of benzene rings is 2. The molecule has 19 heavy (non-hydrogen) atoms. The smallest absolute Gasteiger partial charge is 0.335 e. The van der Waals surface area contributed by atoms with Crippen LogP contribution in [0.1, 0.15) is 10.4 Å². The first kappa shape index (κ1) is 12.1. The summed E-state index contributed by atoms with van der Waals surface area (Å²) in [4.78, 5) is 15.3. The van der Waals surface area contributed by atoms with Crippen molar-refractivity contribution in [1.82, 2.24) is 4.98 Å². The molecule has 3 rings (SSSR count). The molecule has 1 aromatic heterocycles. The molecule has 5 heteroatoms. The standard InChI is InChI=1S/C14H8ClNO2S/c15-10-5-6-12-11(7-10)16-13(19-12)8-1-3-9(4-2-8)14(17)18/h1-7H,(H,17,18). The van der Waals surface area contributed by atoms with Crippen LogP contribution in [-0.4, -0.2) is 16.1 Å². The molecule has 2 aromatic carbocycles. The van der Waals surface area contributed by atoms with Gasteiger partial charge in [-0.1, -0.05) is 23.7 Å². The highest BCUT2D eigenvalue weighted by Crippen LogP contribution is 2.31. The van der Waals surface area contributed by atoms with Gasteiger partial charge >= 0.3 is 5.97 Å². The van der Waals surface area contributed by atoms with Crippen LogP contribution in [0.2, 0.25) is 5.02 Å². The van der Waals surface area contributed by atoms with Gasteiger partial charge in [-0.15, -0.1) is 11.3 Å². The predicted octanol–water partition coefficient (Wildman–Crippen LogP) is 4.31. The lowest BCUT2D eigenvalue weighted by Crippen LogP contribution is -1.94. The van der Waals surface area contributed by atoms with E-state index in [1.807, 2.05) is 18.2 Å². The van der Waals surface area contributed by atoms with Gasteiger partial charge in [0.2, 0.25) is 0 Å². The molecule has 0 fully saturated rings. The first-order valence-corrected chi connectivity index (χ1v) is 6.73. The molecular weight excluding hydrogens is 282 g/mol. The van der Waals surface area contributed by atoms with Crippen LogP contribution in [0.25, 0.3) is 20.8 Å². The van der Waals surface area contributed by atoms with Crippen molar-refractivity contribution in [2.24, 2.45) is 0 Å². The average Bonchev–Trinajstić information content (AvgIpc) is 2.81. The number of rotatable bonds is 2. The highest BCUT2D eigenvalue weighted by Gasteiger charge is 2.08. The number of aromatic nitrogens is 1. The summed E-state index contributed by atoms with van der Waals surface area (Å²) in [6.45, 7) is 0. The molecule has 94 valence electrons. The summed E-state index contributed by atoms with van der Waals surface area (Å²) < 4.78 is 1.06. The summed E-state index contributed by atoms with van der Waals surface area (Å²) in [7, 11) is 0. The van der Waals surface area contributed by atoms with Gasteiger partial charge in [0.05, 0.1) is 15.8 Å². The molecule has 0 saturated carbocycles. The van der Waals surface area contributed by atoms with Crippen molar-refractivity contribution in [2.45, 2.75) is 0 Å². The monoisotopic (exact) mass is 289 g/mol. The van der Waals surface area contributed by atoms with E-state index in [2.05, 4.69) is 4.98 Å². The van der Waals surface area contributed by atoms with E-state index in [4.69, 9.17) is 16.7 Å². The Morgan fingerprint density at radius 1 is 1.16 bits per heavy atom. The summed E-state index contributed by atoms with van der Waals surface area (Å²) >= 11 is 7.49. The topological polar surface area (TPSA) is 50.2 Å². The molecule has 0 aliphatic carbocycles. The fourth-order valence-electron chi connectivity index (χ4n) is 1.78. The molecular formula is C14H8ClNO2S. The lowest BCUT2D eigenvalue weighted by atomic mass is 10.1. The largest absolute Gasteiger partial charge is 0.478 e. The van der Waals surface area contributed by atoms with Gasteiger partial charge in [0.15, 0.2) is 0 Å². The van der Waals surface area contributed by atoms with Gasteiger partial charge in [0.1, 0.15) is 5.01 Å². The number of hydrogen-bond acceptors (Lipinski definition) is 3. The van der Waals surface area contributed by atoms with Crippen LogP contribution < -0.4 is 0 Å². The second kappa shape index (κ2) is 4.64. The molecule has 1 heterocycles. The zero-order valence-corrected chi connectivity index (χ0v) is 11.2. The van der Waals surface area contributed by atoms with Gasteiger partial charge < -0.3 is 5.11 Å². The van der Waals surface area contributed by atoms with E-state index in [1.54, 1.807) is 35.6 Å². The van der Waals surface area contributed by atoms with Crippen molar-refractivity contribution >= 4 is 39.1 Å². The van der Waals surface area contributed by atoms with Crippen molar-refractivity contribution in [1.29, 1.82) is 0 Å². The third-order valence-electron chi connectivity index (χ3n) is 2.73. The Labute approximate surface area is 118 Å². The van der Waals surface area contributed by atoms with Crippen molar-refractivity contribution in [3.8, 4) is 10.6 Å². The maximum Gasteiger partial charge on any atom is 0.335 e. The number of carboxylic acids is 1. The Morgan fingerprint density at radius 2 is 1.89 bits per heavy atom. The maximum absolute atomic E-state index is 10.8. The molecule has 1 N–H and O–H groups in total. The zero-order valence-electron chi connectivity index (χ0n) is 9.63. The van der Waals surface area contributed by atoms with E-state index in [0.29, 0.717) is 5.02 Å². The van der Waals surface area contributed by atoms with Crippen LogP contribution in [-0.2, 0) is 0 Å². The fourth-order valence-corrected chi connectivity index (χ4v) is 2.90. The van der Waals surface area contributed by atoms with Crippen LogP contribution in [0, 0.1) is 0 Å². The molecule has 3 aromatic rings.